The highest BCUT2D eigenvalue weighted by Gasteiger charge is 2.19. The van der Waals surface area contributed by atoms with Crippen LogP contribution in [-0.4, -0.2) is 27.3 Å². The highest BCUT2D eigenvalue weighted by Crippen LogP contribution is 2.17. The lowest BCUT2D eigenvalue weighted by molar-refractivity contribution is 0.0737. The van der Waals surface area contributed by atoms with Crippen molar-refractivity contribution in [2.45, 2.75) is 26.8 Å². The number of nitrogens with one attached hydrogen (secondary N) is 1. The molecule has 0 saturated heterocycles. The standard InChI is InChI=1S/C20H19ClFN3O2/c1-3-8-25(20(27)16-10-14(22)6-4-12(16)2)11-18-23-17-9-13(21)5-7-15(17)19(26)24-18/h4-7,9-10H,3,8,11H2,1-2H3,(H,23,24,26). The number of aryl methyl sites for hydroxylation is 1. The van der Waals surface area contributed by atoms with Crippen LogP contribution < -0.4 is 5.56 Å². The van der Waals surface area contributed by atoms with E-state index >= 15 is 0 Å². The molecule has 0 radical (unpaired) electrons. The third kappa shape index (κ3) is 4.17. The van der Waals surface area contributed by atoms with Crippen molar-refractivity contribution in [3.63, 3.8) is 0 Å². The van der Waals surface area contributed by atoms with E-state index in [9.17, 15) is 14.0 Å². The van der Waals surface area contributed by atoms with Crippen molar-refractivity contribution in [1.29, 1.82) is 0 Å². The molecule has 0 bridgehead atoms. The third-order valence-electron chi connectivity index (χ3n) is 4.27. The number of aromatic amines is 1. The average molecular weight is 388 g/mol. The van der Waals surface area contributed by atoms with E-state index in [1.165, 1.54) is 12.1 Å². The molecule has 140 valence electrons. The second-order valence-electron chi connectivity index (χ2n) is 6.36. The maximum Gasteiger partial charge on any atom is 0.258 e. The number of fused-ring (bicyclic) bond motifs is 1. The van der Waals surface area contributed by atoms with E-state index in [2.05, 4.69) is 9.97 Å². The van der Waals surface area contributed by atoms with Crippen LogP contribution in [0.3, 0.4) is 0 Å². The predicted molar refractivity (Wildman–Crippen MR) is 104 cm³/mol. The molecule has 0 fully saturated rings. The molecule has 0 spiro atoms. The van der Waals surface area contributed by atoms with Gasteiger partial charge in [0.05, 0.1) is 17.4 Å². The molecule has 0 aliphatic heterocycles. The molecule has 2 aromatic carbocycles. The van der Waals surface area contributed by atoms with Crippen molar-refractivity contribution in [3.8, 4) is 0 Å². The molecule has 7 heteroatoms. The number of aromatic nitrogens is 2. The van der Waals surface area contributed by atoms with Gasteiger partial charge in [-0.1, -0.05) is 24.6 Å². The van der Waals surface area contributed by atoms with E-state index in [1.807, 2.05) is 6.92 Å². The van der Waals surface area contributed by atoms with E-state index < -0.39 is 5.82 Å². The summed E-state index contributed by atoms with van der Waals surface area (Å²) in [4.78, 5) is 33.9. The number of halogens is 2. The first-order chi connectivity index (χ1) is 12.9. The Balaban J connectivity index is 1.97. The van der Waals surface area contributed by atoms with Crippen molar-refractivity contribution in [2.75, 3.05) is 6.54 Å². The number of hydrogen-bond acceptors (Lipinski definition) is 3. The largest absolute Gasteiger partial charge is 0.331 e. The SMILES string of the molecule is CCCN(Cc1nc2cc(Cl)ccc2c(=O)[nH]1)C(=O)c1cc(F)ccc1C. The molecule has 5 nitrogen and oxygen atoms in total. The van der Waals surface area contributed by atoms with Crippen LogP contribution >= 0.6 is 11.6 Å². The van der Waals surface area contributed by atoms with Gasteiger partial charge < -0.3 is 9.88 Å². The number of hydrogen-bond donors (Lipinski definition) is 1. The van der Waals surface area contributed by atoms with Gasteiger partial charge in [0.1, 0.15) is 11.6 Å². The van der Waals surface area contributed by atoms with Gasteiger partial charge in [-0.05, 0) is 49.2 Å². The molecule has 0 aliphatic rings. The zero-order valence-electron chi connectivity index (χ0n) is 15.1. The smallest absolute Gasteiger partial charge is 0.258 e. The Kier molecular flexibility index (Phi) is 5.56. The van der Waals surface area contributed by atoms with E-state index in [4.69, 9.17) is 11.6 Å². The number of carbonyl (C=O) groups excluding carboxylic acids is 1. The van der Waals surface area contributed by atoms with E-state index in [0.29, 0.717) is 45.8 Å². The first kappa shape index (κ1) is 19.0. The van der Waals surface area contributed by atoms with Crippen LogP contribution in [0.25, 0.3) is 10.9 Å². The van der Waals surface area contributed by atoms with Gasteiger partial charge in [-0.25, -0.2) is 9.37 Å². The molecule has 1 heterocycles. The molecule has 1 amide bonds. The summed E-state index contributed by atoms with van der Waals surface area (Å²) in [5.74, 6) is -0.416. The first-order valence-corrected chi connectivity index (χ1v) is 9.00. The average Bonchev–Trinajstić information content (AvgIpc) is 2.62. The fourth-order valence-corrected chi connectivity index (χ4v) is 3.10. The molecule has 0 saturated carbocycles. The summed E-state index contributed by atoms with van der Waals surface area (Å²) in [7, 11) is 0. The number of amides is 1. The summed E-state index contributed by atoms with van der Waals surface area (Å²) in [5, 5.41) is 0.904. The molecule has 3 aromatic rings. The second-order valence-corrected chi connectivity index (χ2v) is 6.80. The van der Waals surface area contributed by atoms with Crippen LogP contribution in [0.15, 0.2) is 41.2 Å². The molecule has 3 rings (SSSR count). The summed E-state index contributed by atoms with van der Waals surface area (Å²) in [5.41, 5.74) is 1.16. The minimum absolute atomic E-state index is 0.111. The van der Waals surface area contributed by atoms with Crippen molar-refractivity contribution in [2.24, 2.45) is 0 Å². The van der Waals surface area contributed by atoms with Crippen LogP contribution in [0.4, 0.5) is 4.39 Å². The Morgan fingerprint density at radius 3 is 2.78 bits per heavy atom. The highest BCUT2D eigenvalue weighted by molar-refractivity contribution is 6.31. The van der Waals surface area contributed by atoms with Gasteiger partial charge in [-0.3, -0.25) is 9.59 Å². The predicted octanol–water partition coefficient (Wildman–Crippen LogP) is 4.08. The molecular formula is C20H19ClFN3O2. The lowest BCUT2D eigenvalue weighted by atomic mass is 10.1. The monoisotopic (exact) mass is 387 g/mol. The number of H-pyrrole nitrogens is 1. The number of nitrogens with zero attached hydrogens (tertiary/aromatic N) is 2. The summed E-state index contributed by atoms with van der Waals surface area (Å²) in [6, 6.07) is 8.97. The van der Waals surface area contributed by atoms with Gasteiger partial charge in [-0.15, -0.1) is 0 Å². The van der Waals surface area contributed by atoms with Gasteiger partial charge in [0.2, 0.25) is 0 Å². The maximum atomic E-state index is 13.6. The van der Waals surface area contributed by atoms with E-state index in [0.717, 1.165) is 0 Å². The Morgan fingerprint density at radius 2 is 2.04 bits per heavy atom. The van der Waals surface area contributed by atoms with Gasteiger partial charge >= 0.3 is 0 Å². The molecule has 0 atom stereocenters. The fourth-order valence-electron chi connectivity index (χ4n) is 2.93. The number of carbonyl (C=O) groups is 1. The highest BCUT2D eigenvalue weighted by atomic mass is 35.5. The van der Waals surface area contributed by atoms with Crippen molar-refractivity contribution >= 4 is 28.4 Å². The number of benzene rings is 2. The van der Waals surface area contributed by atoms with Crippen molar-refractivity contribution in [1.82, 2.24) is 14.9 Å². The quantitative estimate of drug-likeness (QED) is 0.717. The lowest BCUT2D eigenvalue weighted by Gasteiger charge is -2.22. The van der Waals surface area contributed by atoms with Crippen molar-refractivity contribution in [3.05, 3.63) is 74.5 Å². The summed E-state index contributed by atoms with van der Waals surface area (Å²) in [6.07, 6.45) is 0.712. The molecule has 1 N–H and O–H groups in total. The zero-order chi connectivity index (χ0) is 19.6. The van der Waals surface area contributed by atoms with Crippen LogP contribution in [0, 0.1) is 12.7 Å². The Labute approximate surface area is 160 Å². The van der Waals surface area contributed by atoms with Gasteiger partial charge in [-0.2, -0.15) is 0 Å². The summed E-state index contributed by atoms with van der Waals surface area (Å²) in [6.45, 7) is 4.26. The van der Waals surface area contributed by atoms with Gasteiger partial charge in [0.15, 0.2) is 0 Å². The first-order valence-electron chi connectivity index (χ1n) is 8.63. The van der Waals surface area contributed by atoms with E-state index in [-0.39, 0.29) is 18.0 Å². The second kappa shape index (κ2) is 7.88. The maximum absolute atomic E-state index is 13.6. The summed E-state index contributed by atoms with van der Waals surface area (Å²) >= 11 is 5.99. The Morgan fingerprint density at radius 1 is 1.26 bits per heavy atom. The van der Waals surface area contributed by atoms with Gasteiger partial charge in [0, 0.05) is 17.1 Å². The third-order valence-corrected chi connectivity index (χ3v) is 4.50. The minimum atomic E-state index is -0.465. The summed E-state index contributed by atoms with van der Waals surface area (Å²) < 4.78 is 13.6. The molecule has 0 aliphatic carbocycles. The molecular weight excluding hydrogens is 369 g/mol. The van der Waals surface area contributed by atoms with E-state index in [1.54, 1.807) is 36.1 Å². The Hall–Kier alpha value is -2.73. The molecule has 27 heavy (non-hydrogen) atoms. The van der Waals surface area contributed by atoms with Crippen LogP contribution in [0.5, 0.6) is 0 Å². The lowest BCUT2D eigenvalue weighted by Crippen LogP contribution is -2.33. The topological polar surface area (TPSA) is 66.1 Å². The molecule has 0 unspecified atom stereocenters. The van der Waals surface area contributed by atoms with Gasteiger partial charge in [0.25, 0.3) is 11.5 Å². The normalized spacial score (nSPS) is 11.0. The zero-order valence-corrected chi connectivity index (χ0v) is 15.8. The molecule has 1 aromatic heterocycles. The van der Waals surface area contributed by atoms with Crippen molar-refractivity contribution < 1.29 is 9.18 Å². The Bertz CT molecular complexity index is 1060. The van der Waals surface area contributed by atoms with Crippen LogP contribution in [-0.2, 0) is 6.54 Å². The van der Waals surface area contributed by atoms with Crippen LogP contribution in [0.1, 0.15) is 35.1 Å². The fraction of sp³-hybridized carbons (Fsp3) is 0.250. The van der Waals surface area contributed by atoms with Crippen LogP contribution in [0.2, 0.25) is 5.02 Å². The number of rotatable bonds is 5. The minimum Gasteiger partial charge on any atom is -0.331 e.